The molecule has 0 bridgehead atoms. The second-order valence-corrected chi connectivity index (χ2v) is 6.61. The molecule has 2 amide bonds. The highest BCUT2D eigenvalue weighted by Crippen LogP contribution is 2.33. The fourth-order valence-electron chi connectivity index (χ4n) is 3.03. The Kier molecular flexibility index (Phi) is 5.93. The maximum Gasteiger partial charge on any atom is 0.303 e. The van der Waals surface area contributed by atoms with Gasteiger partial charge in [-0.2, -0.15) is 0 Å². The molecule has 2 aromatic rings. The molecule has 7 heteroatoms. The molecule has 2 N–H and O–H groups in total. The number of rotatable bonds is 7. The highest BCUT2D eigenvalue weighted by molar-refractivity contribution is 6.00. The summed E-state index contributed by atoms with van der Waals surface area (Å²) in [6, 6.07) is 14.3. The molecule has 2 aromatic carbocycles. The molecule has 0 saturated carbocycles. The van der Waals surface area contributed by atoms with Crippen molar-refractivity contribution >= 4 is 29.2 Å². The minimum absolute atomic E-state index is 0.0686. The number of fused-ring (bicyclic) bond motifs is 1. The maximum absolute atomic E-state index is 12.4. The number of carbonyl (C=O) groups excluding carboxylic acids is 2. The number of carboxylic acids is 1. The molecule has 0 saturated heterocycles. The topological polar surface area (TPSA) is 95.9 Å². The van der Waals surface area contributed by atoms with Gasteiger partial charge >= 0.3 is 5.97 Å². The lowest BCUT2D eigenvalue weighted by atomic mass is 10.1. The van der Waals surface area contributed by atoms with Crippen molar-refractivity contribution in [3.05, 3.63) is 54.1 Å². The number of ether oxygens (including phenoxy) is 1. The molecule has 7 nitrogen and oxygen atoms in total. The van der Waals surface area contributed by atoms with Crippen LogP contribution in [0, 0.1) is 0 Å². The number of aliphatic carboxylic acids is 1. The zero-order chi connectivity index (χ0) is 20.1. The van der Waals surface area contributed by atoms with Gasteiger partial charge in [0.1, 0.15) is 5.75 Å². The summed E-state index contributed by atoms with van der Waals surface area (Å²) in [5.41, 5.74) is 2.19. The lowest BCUT2D eigenvalue weighted by molar-refractivity contribution is -0.137. The van der Waals surface area contributed by atoms with E-state index in [0.717, 1.165) is 5.56 Å². The molecule has 28 heavy (non-hydrogen) atoms. The van der Waals surface area contributed by atoms with Crippen molar-refractivity contribution < 1.29 is 24.2 Å². The van der Waals surface area contributed by atoms with Crippen LogP contribution in [0.15, 0.2) is 48.5 Å². The van der Waals surface area contributed by atoms with Crippen molar-refractivity contribution in [2.45, 2.75) is 32.3 Å². The fraction of sp³-hybridized carbons (Fsp3) is 0.286. The molecular formula is C21H22N2O5. The lowest BCUT2D eigenvalue weighted by Crippen LogP contribution is -2.45. The molecule has 1 atom stereocenters. The van der Waals surface area contributed by atoms with Gasteiger partial charge in [0.15, 0.2) is 6.10 Å². The summed E-state index contributed by atoms with van der Waals surface area (Å²) in [5.74, 6) is -0.588. The van der Waals surface area contributed by atoms with Crippen molar-refractivity contribution in [2.24, 2.45) is 0 Å². The van der Waals surface area contributed by atoms with Crippen LogP contribution >= 0.6 is 0 Å². The van der Waals surface area contributed by atoms with E-state index in [1.165, 1.54) is 0 Å². The first-order valence-electron chi connectivity index (χ1n) is 9.11. The molecule has 0 spiro atoms. The van der Waals surface area contributed by atoms with Crippen LogP contribution in [0.5, 0.6) is 5.75 Å². The van der Waals surface area contributed by atoms with Gasteiger partial charge in [0.05, 0.1) is 5.69 Å². The van der Waals surface area contributed by atoms with Crippen molar-refractivity contribution in [3.8, 4) is 5.75 Å². The fourth-order valence-corrected chi connectivity index (χ4v) is 3.03. The van der Waals surface area contributed by atoms with Crippen LogP contribution < -0.4 is 15.0 Å². The molecule has 0 aromatic heterocycles. The Hall–Kier alpha value is -3.35. The van der Waals surface area contributed by atoms with Gasteiger partial charge in [0.2, 0.25) is 5.91 Å². The van der Waals surface area contributed by atoms with Gasteiger partial charge in [0.25, 0.3) is 5.91 Å². The third kappa shape index (κ3) is 4.68. The molecule has 146 valence electrons. The SMILES string of the molecule is CC1Oc2ccccc2N(CCC(=O)Nc2ccc(CCC(=O)O)cc2)C1=O. The molecule has 0 radical (unpaired) electrons. The van der Waals surface area contributed by atoms with Crippen LogP contribution in [0.4, 0.5) is 11.4 Å². The summed E-state index contributed by atoms with van der Waals surface area (Å²) in [6.45, 7) is 1.95. The highest BCUT2D eigenvalue weighted by atomic mass is 16.5. The largest absolute Gasteiger partial charge is 0.481 e. The quantitative estimate of drug-likeness (QED) is 0.768. The smallest absolute Gasteiger partial charge is 0.303 e. The average Bonchev–Trinajstić information content (AvgIpc) is 2.68. The van der Waals surface area contributed by atoms with E-state index >= 15 is 0 Å². The summed E-state index contributed by atoms with van der Waals surface area (Å²) >= 11 is 0. The van der Waals surface area contributed by atoms with Crippen molar-refractivity contribution in [2.75, 3.05) is 16.8 Å². The van der Waals surface area contributed by atoms with Gasteiger partial charge in [-0.25, -0.2) is 0 Å². The third-order valence-corrected chi connectivity index (χ3v) is 4.50. The number of hydrogen-bond acceptors (Lipinski definition) is 4. The van der Waals surface area contributed by atoms with E-state index in [1.54, 1.807) is 48.2 Å². The summed E-state index contributed by atoms with van der Waals surface area (Å²) < 4.78 is 5.59. The number of nitrogens with one attached hydrogen (secondary N) is 1. The number of amides is 2. The first-order valence-corrected chi connectivity index (χ1v) is 9.11. The second-order valence-electron chi connectivity index (χ2n) is 6.61. The van der Waals surface area contributed by atoms with Gasteiger partial charge in [-0.15, -0.1) is 0 Å². The van der Waals surface area contributed by atoms with Crippen LogP contribution in [-0.2, 0) is 20.8 Å². The van der Waals surface area contributed by atoms with E-state index in [2.05, 4.69) is 5.32 Å². The molecular weight excluding hydrogens is 360 g/mol. The molecule has 3 rings (SSSR count). The number of benzene rings is 2. The minimum atomic E-state index is -0.842. The van der Waals surface area contributed by atoms with E-state index in [0.29, 0.717) is 23.5 Å². The zero-order valence-corrected chi connectivity index (χ0v) is 15.6. The van der Waals surface area contributed by atoms with Crippen molar-refractivity contribution in [3.63, 3.8) is 0 Å². The predicted molar refractivity (Wildman–Crippen MR) is 105 cm³/mol. The van der Waals surface area contributed by atoms with Crippen molar-refractivity contribution in [1.82, 2.24) is 0 Å². The summed E-state index contributed by atoms with van der Waals surface area (Å²) in [4.78, 5) is 36.9. The van der Waals surface area contributed by atoms with Crippen LogP contribution in [-0.4, -0.2) is 35.5 Å². The van der Waals surface area contributed by atoms with Crippen LogP contribution in [0.2, 0.25) is 0 Å². The van der Waals surface area contributed by atoms with E-state index in [-0.39, 0.29) is 31.2 Å². The number of anilines is 2. The Bertz CT molecular complexity index is 879. The standard InChI is InChI=1S/C21H22N2O5/c1-14-21(27)23(17-4-2-3-5-18(17)28-14)13-12-19(24)22-16-9-6-15(7-10-16)8-11-20(25)26/h2-7,9-10,14H,8,11-13H2,1H3,(H,22,24)(H,25,26). The van der Waals surface area contributed by atoms with E-state index in [4.69, 9.17) is 9.84 Å². The minimum Gasteiger partial charge on any atom is -0.481 e. The highest BCUT2D eigenvalue weighted by Gasteiger charge is 2.31. The first-order chi connectivity index (χ1) is 13.4. The van der Waals surface area contributed by atoms with E-state index < -0.39 is 12.1 Å². The predicted octanol–water partition coefficient (Wildman–Crippen LogP) is 2.85. The Labute approximate surface area is 162 Å². The summed E-state index contributed by atoms with van der Waals surface area (Å²) in [5, 5.41) is 11.5. The Morgan fingerprint density at radius 1 is 1.11 bits per heavy atom. The monoisotopic (exact) mass is 382 g/mol. The van der Waals surface area contributed by atoms with Gasteiger partial charge in [0, 0.05) is 25.1 Å². The van der Waals surface area contributed by atoms with Gasteiger partial charge in [-0.3, -0.25) is 14.4 Å². The molecule has 0 fully saturated rings. The second kappa shape index (κ2) is 8.56. The molecule has 0 aliphatic carbocycles. The molecule has 1 unspecified atom stereocenters. The third-order valence-electron chi connectivity index (χ3n) is 4.50. The number of aryl methyl sites for hydroxylation is 1. The average molecular weight is 382 g/mol. The summed E-state index contributed by atoms with van der Waals surface area (Å²) in [7, 11) is 0. The zero-order valence-electron chi connectivity index (χ0n) is 15.6. The molecule has 1 aliphatic rings. The Morgan fingerprint density at radius 3 is 2.54 bits per heavy atom. The van der Waals surface area contributed by atoms with Gasteiger partial charge in [-0.1, -0.05) is 24.3 Å². The lowest BCUT2D eigenvalue weighted by Gasteiger charge is -2.32. The van der Waals surface area contributed by atoms with Gasteiger partial charge in [-0.05, 0) is 43.2 Å². The number of hydrogen-bond donors (Lipinski definition) is 2. The van der Waals surface area contributed by atoms with Crippen LogP contribution in [0.25, 0.3) is 0 Å². The Balaban J connectivity index is 1.57. The van der Waals surface area contributed by atoms with E-state index in [1.807, 2.05) is 12.1 Å². The maximum atomic E-state index is 12.4. The number of para-hydroxylation sites is 2. The van der Waals surface area contributed by atoms with Crippen molar-refractivity contribution in [1.29, 1.82) is 0 Å². The Morgan fingerprint density at radius 2 is 1.82 bits per heavy atom. The normalized spacial score (nSPS) is 15.5. The van der Waals surface area contributed by atoms with Crippen LogP contribution in [0.1, 0.15) is 25.3 Å². The number of nitrogens with zero attached hydrogens (tertiary/aromatic N) is 1. The molecule has 1 aliphatic heterocycles. The summed E-state index contributed by atoms with van der Waals surface area (Å²) in [6.07, 6.45) is 0.0730. The first kappa shape index (κ1) is 19.4. The number of carboxylic acid groups (broad SMARTS) is 1. The van der Waals surface area contributed by atoms with Crippen LogP contribution in [0.3, 0.4) is 0 Å². The van der Waals surface area contributed by atoms with Gasteiger partial charge < -0.3 is 20.1 Å². The number of carbonyl (C=O) groups is 3. The van der Waals surface area contributed by atoms with E-state index in [9.17, 15) is 14.4 Å². The molecule has 1 heterocycles.